The molecule has 0 fully saturated rings. The summed E-state index contributed by atoms with van der Waals surface area (Å²) in [6.07, 6.45) is 0. The quantitative estimate of drug-likeness (QED) is 0.845. The van der Waals surface area contributed by atoms with Crippen molar-refractivity contribution in [1.29, 1.82) is 0 Å². The van der Waals surface area contributed by atoms with E-state index in [4.69, 9.17) is 0 Å². The molecule has 0 spiro atoms. The second-order valence-corrected chi connectivity index (χ2v) is 5.35. The summed E-state index contributed by atoms with van der Waals surface area (Å²) in [5, 5.41) is 3.34. The van der Waals surface area contributed by atoms with E-state index in [2.05, 4.69) is 69.4 Å². The van der Waals surface area contributed by atoms with Crippen molar-refractivity contribution in [1.82, 2.24) is 5.32 Å². The lowest BCUT2D eigenvalue weighted by molar-refractivity contribution is 0.654. The fourth-order valence-electron chi connectivity index (χ4n) is 2.53. The second-order valence-electron chi connectivity index (χ2n) is 5.35. The molecule has 0 radical (unpaired) electrons. The van der Waals surface area contributed by atoms with Gasteiger partial charge in [0, 0.05) is 6.04 Å². The summed E-state index contributed by atoms with van der Waals surface area (Å²) < 4.78 is 0. The normalized spacial score (nSPS) is 12.5. The number of aryl methyl sites for hydroxylation is 3. The van der Waals surface area contributed by atoms with Gasteiger partial charge in [-0.2, -0.15) is 0 Å². The lowest BCUT2D eigenvalue weighted by atomic mass is 9.90. The van der Waals surface area contributed by atoms with Crippen LogP contribution in [0.15, 0.2) is 36.4 Å². The second kappa shape index (κ2) is 5.58. The van der Waals surface area contributed by atoms with Gasteiger partial charge >= 0.3 is 0 Å². The van der Waals surface area contributed by atoms with Crippen molar-refractivity contribution in [3.05, 3.63) is 58.7 Å². The first-order chi connectivity index (χ1) is 9.04. The predicted molar refractivity (Wildman–Crippen MR) is 83.6 cm³/mol. The topological polar surface area (TPSA) is 12.0 Å². The van der Waals surface area contributed by atoms with Gasteiger partial charge in [0.05, 0.1) is 0 Å². The Labute approximate surface area is 116 Å². The van der Waals surface area contributed by atoms with Crippen molar-refractivity contribution in [3.8, 4) is 11.1 Å². The summed E-state index contributed by atoms with van der Waals surface area (Å²) in [6, 6.07) is 13.6. The van der Waals surface area contributed by atoms with Crippen LogP contribution in [0.2, 0.25) is 0 Å². The first-order valence-corrected chi connectivity index (χ1v) is 6.89. The largest absolute Gasteiger partial charge is 0.313 e. The van der Waals surface area contributed by atoms with Gasteiger partial charge in [-0.3, -0.25) is 0 Å². The van der Waals surface area contributed by atoms with Gasteiger partial charge in [-0.15, -0.1) is 0 Å². The molecular weight excluding hydrogens is 230 g/mol. The molecule has 2 aromatic rings. The third-order valence-electron chi connectivity index (χ3n) is 3.99. The van der Waals surface area contributed by atoms with E-state index < -0.39 is 0 Å². The van der Waals surface area contributed by atoms with Crippen LogP contribution < -0.4 is 5.32 Å². The zero-order valence-corrected chi connectivity index (χ0v) is 12.5. The van der Waals surface area contributed by atoms with Crippen LogP contribution in [0.5, 0.6) is 0 Å². The van der Waals surface area contributed by atoms with E-state index in [1.165, 1.54) is 33.4 Å². The third-order valence-corrected chi connectivity index (χ3v) is 3.99. The molecule has 0 heterocycles. The summed E-state index contributed by atoms with van der Waals surface area (Å²) in [5.41, 5.74) is 8.11. The van der Waals surface area contributed by atoms with E-state index >= 15 is 0 Å². The van der Waals surface area contributed by atoms with E-state index in [0.29, 0.717) is 6.04 Å². The van der Waals surface area contributed by atoms with Crippen molar-refractivity contribution in [3.63, 3.8) is 0 Å². The molecule has 19 heavy (non-hydrogen) atoms. The molecule has 0 aromatic heterocycles. The van der Waals surface area contributed by atoms with Gasteiger partial charge in [-0.25, -0.2) is 0 Å². The number of nitrogens with one attached hydrogen (secondary N) is 1. The van der Waals surface area contributed by atoms with Gasteiger partial charge in [0.15, 0.2) is 0 Å². The van der Waals surface area contributed by atoms with Gasteiger partial charge in [0.25, 0.3) is 0 Å². The minimum absolute atomic E-state index is 0.359. The molecule has 0 bridgehead atoms. The van der Waals surface area contributed by atoms with Crippen LogP contribution in [-0.4, -0.2) is 7.05 Å². The lowest BCUT2D eigenvalue weighted by Crippen LogP contribution is -2.13. The smallest absolute Gasteiger partial charge is 0.0295 e. The molecule has 0 aliphatic rings. The Bertz CT molecular complexity index is 584. The van der Waals surface area contributed by atoms with E-state index in [1.807, 2.05) is 7.05 Å². The highest BCUT2D eigenvalue weighted by Gasteiger charge is 2.12. The molecular formula is C18H23N. The molecule has 1 atom stereocenters. The summed E-state index contributed by atoms with van der Waals surface area (Å²) in [7, 11) is 2.01. The average Bonchev–Trinajstić information content (AvgIpc) is 2.42. The zero-order chi connectivity index (χ0) is 14.0. The van der Waals surface area contributed by atoms with Crippen molar-refractivity contribution < 1.29 is 0 Å². The van der Waals surface area contributed by atoms with Crippen molar-refractivity contribution in [2.45, 2.75) is 33.7 Å². The Morgan fingerprint density at radius 3 is 2.16 bits per heavy atom. The van der Waals surface area contributed by atoms with Crippen LogP contribution in [0.25, 0.3) is 11.1 Å². The zero-order valence-electron chi connectivity index (χ0n) is 12.5. The van der Waals surface area contributed by atoms with E-state index in [1.54, 1.807) is 0 Å². The average molecular weight is 253 g/mol. The van der Waals surface area contributed by atoms with Crippen LogP contribution in [0.3, 0.4) is 0 Å². The Kier molecular flexibility index (Phi) is 4.06. The maximum absolute atomic E-state index is 3.34. The van der Waals surface area contributed by atoms with Gasteiger partial charge in [0.2, 0.25) is 0 Å². The minimum Gasteiger partial charge on any atom is -0.313 e. The Hall–Kier alpha value is -1.60. The van der Waals surface area contributed by atoms with Crippen LogP contribution in [0.1, 0.15) is 35.2 Å². The number of hydrogen-bond acceptors (Lipinski definition) is 1. The number of hydrogen-bond donors (Lipinski definition) is 1. The van der Waals surface area contributed by atoms with Crippen molar-refractivity contribution >= 4 is 0 Å². The summed E-state index contributed by atoms with van der Waals surface area (Å²) in [4.78, 5) is 0. The fourth-order valence-corrected chi connectivity index (χ4v) is 2.53. The molecule has 1 N–H and O–H groups in total. The molecule has 0 aliphatic heterocycles. The van der Waals surface area contributed by atoms with Crippen molar-refractivity contribution in [2.75, 3.05) is 7.05 Å². The highest BCUT2D eigenvalue weighted by molar-refractivity contribution is 5.72. The maximum atomic E-state index is 3.34. The highest BCUT2D eigenvalue weighted by Crippen LogP contribution is 2.32. The van der Waals surface area contributed by atoms with Crippen LogP contribution >= 0.6 is 0 Å². The van der Waals surface area contributed by atoms with Crippen molar-refractivity contribution in [2.24, 2.45) is 0 Å². The van der Waals surface area contributed by atoms with Gasteiger partial charge in [-0.05, 0) is 68.1 Å². The van der Waals surface area contributed by atoms with E-state index in [9.17, 15) is 0 Å². The number of rotatable bonds is 3. The SMILES string of the molecule is CNC(C)c1ccccc1-c1cc(C)c(C)cc1C. The fraction of sp³-hybridized carbons (Fsp3) is 0.333. The Morgan fingerprint density at radius 2 is 1.47 bits per heavy atom. The molecule has 2 rings (SSSR count). The third kappa shape index (κ3) is 2.71. The Balaban J connectivity index is 2.62. The number of benzene rings is 2. The molecule has 0 amide bonds. The molecule has 0 saturated carbocycles. The van der Waals surface area contributed by atoms with Crippen LogP contribution in [-0.2, 0) is 0 Å². The summed E-state index contributed by atoms with van der Waals surface area (Å²) >= 11 is 0. The van der Waals surface area contributed by atoms with Crippen LogP contribution in [0, 0.1) is 20.8 Å². The summed E-state index contributed by atoms with van der Waals surface area (Å²) in [5.74, 6) is 0. The highest BCUT2D eigenvalue weighted by atomic mass is 14.9. The molecule has 0 aliphatic carbocycles. The van der Waals surface area contributed by atoms with Gasteiger partial charge in [-0.1, -0.05) is 36.4 Å². The lowest BCUT2D eigenvalue weighted by Gasteiger charge is -2.18. The molecule has 1 heteroatoms. The predicted octanol–water partition coefficient (Wildman–Crippen LogP) is 4.56. The van der Waals surface area contributed by atoms with E-state index in [-0.39, 0.29) is 0 Å². The Morgan fingerprint density at radius 1 is 0.842 bits per heavy atom. The van der Waals surface area contributed by atoms with Gasteiger partial charge in [0.1, 0.15) is 0 Å². The molecule has 1 nitrogen and oxygen atoms in total. The standard InChI is InChI=1S/C18H23N/c1-12-10-14(3)18(11-13(12)2)17-9-7-6-8-16(17)15(4)19-5/h6-11,15,19H,1-5H3. The van der Waals surface area contributed by atoms with Crippen LogP contribution in [0.4, 0.5) is 0 Å². The van der Waals surface area contributed by atoms with Gasteiger partial charge < -0.3 is 5.32 Å². The maximum Gasteiger partial charge on any atom is 0.0295 e. The molecule has 0 saturated heterocycles. The summed E-state index contributed by atoms with van der Waals surface area (Å²) in [6.45, 7) is 8.76. The molecule has 100 valence electrons. The first kappa shape index (κ1) is 13.8. The van der Waals surface area contributed by atoms with E-state index in [0.717, 1.165) is 0 Å². The molecule has 1 unspecified atom stereocenters. The first-order valence-electron chi connectivity index (χ1n) is 6.89. The minimum atomic E-state index is 0.359. The molecule has 2 aromatic carbocycles. The monoisotopic (exact) mass is 253 g/mol.